The molecule has 3 heterocycles. The molecule has 1 saturated heterocycles. The molecule has 0 aliphatic carbocycles. The molecule has 0 N–H and O–H groups in total. The Morgan fingerprint density at radius 2 is 1.78 bits per heavy atom. The zero-order chi connectivity index (χ0) is 32.8. The van der Waals surface area contributed by atoms with Crippen LogP contribution in [0.15, 0.2) is 27.9 Å². The number of thioether (sulfide) groups is 1. The van der Waals surface area contributed by atoms with E-state index < -0.39 is 22.9 Å². The van der Waals surface area contributed by atoms with E-state index in [9.17, 15) is 14.0 Å². The fraction of sp³-hybridized carbons (Fsp3) is 0.531. The van der Waals surface area contributed by atoms with Crippen LogP contribution in [0.5, 0.6) is 0 Å². The predicted octanol–water partition coefficient (Wildman–Crippen LogP) is 6.27. The van der Waals surface area contributed by atoms with Gasteiger partial charge in [-0.05, 0) is 59.2 Å². The largest absolute Gasteiger partial charge is 0.444 e. The van der Waals surface area contributed by atoms with Crippen LogP contribution in [0.3, 0.4) is 0 Å². The molecule has 1 amide bonds. The molecular weight excluding hydrogens is 626 g/mol. The first-order chi connectivity index (χ1) is 21.2. The number of methoxy groups -OCH3 is 1. The summed E-state index contributed by atoms with van der Waals surface area (Å²) in [4.78, 5) is 35.9. The average Bonchev–Trinajstić information content (AvgIpc) is 3.12. The van der Waals surface area contributed by atoms with Gasteiger partial charge in [-0.25, -0.2) is 18.4 Å². The van der Waals surface area contributed by atoms with Gasteiger partial charge >= 0.3 is 11.8 Å². The summed E-state index contributed by atoms with van der Waals surface area (Å²) in [5, 5.41) is 0.519. The number of piperazine rings is 1. The van der Waals surface area contributed by atoms with E-state index in [1.165, 1.54) is 17.8 Å². The molecule has 2 aliphatic rings. The molecule has 9 nitrogen and oxygen atoms in total. The summed E-state index contributed by atoms with van der Waals surface area (Å²) in [6.45, 7) is 13.0. The van der Waals surface area contributed by atoms with Gasteiger partial charge in [0.25, 0.3) is 0 Å². The Morgan fingerprint density at radius 1 is 1.09 bits per heavy atom. The smallest absolute Gasteiger partial charge is 0.410 e. The fourth-order valence-corrected chi connectivity index (χ4v) is 7.61. The van der Waals surface area contributed by atoms with Gasteiger partial charge in [0.05, 0.1) is 48.5 Å². The lowest BCUT2D eigenvalue weighted by Gasteiger charge is -2.45. The second-order valence-electron chi connectivity index (χ2n) is 12.7. The summed E-state index contributed by atoms with van der Waals surface area (Å²) in [7, 11) is 1.59. The van der Waals surface area contributed by atoms with Crippen molar-refractivity contribution in [2.45, 2.75) is 76.8 Å². The molecule has 5 rings (SSSR count). The molecule has 0 saturated carbocycles. The van der Waals surface area contributed by atoms with Crippen LogP contribution in [0.25, 0.3) is 22.0 Å². The number of carbonyl (C=O) groups excluding carboxylic acids is 1. The van der Waals surface area contributed by atoms with Crippen molar-refractivity contribution in [3.05, 3.63) is 50.9 Å². The van der Waals surface area contributed by atoms with E-state index in [0.29, 0.717) is 59.4 Å². The molecule has 0 spiro atoms. The lowest BCUT2D eigenvalue weighted by Crippen LogP contribution is -2.59. The van der Waals surface area contributed by atoms with Crippen molar-refractivity contribution in [1.82, 2.24) is 14.5 Å². The fourth-order valence-electron chi connectivity index (χ4n) is 6.12. The van der Waals surface area contributed by atoms with Gasteiger partial charge in [0.15, 0.2) is 0 Å². The number of carbonyl (C=O) groups is 1. The van der Waals surface area contributed by atoms with Gasteiger partial charge in [-0.3, -0.25) is 9.47 Å². The first-order valence-electron chi connectivity index (χ1n) is 14.9. The van der Waals surface area contributed by atoms with Crippen molar-refractivity contribution >= 4 is 46.2 Å². The maximum Gasteiger partial charge on any atom is 0.410 e. The monoisotopic (exact) mass is 664 g/mol. The minimum absolute atomic E-state index is 0.146. The van der Waals surface area contributed by atoms with Crippen molar-refractivity contribution in [2.75, 3.05) is 44.1 Å². The number of aryl methyl sites for hydroxylation is 1. The van der Waals surface area contributed by atoms with Crippen LogP contribution in [0, 0.1) is 18.6 Å². The second-order valence-corrected chi connectivity index (χ2v) is 14.1. The van der Waals surface area contributed by atoms with Gasteiger partial charge in [-0.1, -0.05) is 11.6 Å². The summed E-state index contributed by atoms with van der Waals surface area (Å²) in [5.74, 6) is -0.636. The number of anilines is 1. The van der Waals surface area contributed by atoms with Crippen molar-refractivity contribution in [3.8, 4) is 11.1 Å². The van der Waals surface area contributed by atoms with E-state index in [-0.39, 0.29) is 41.4 Å². The Labute approximate surface area is 270 Å². The third-order valence-electron chi connectivity index (χ3n) is 7.94. The molecule has 0 unspecified atom stereocenters. The van der Waals surface area contributed by atoms with Crippen molar-refractivity contribution in [3.63, 3.8) is 0 Å². The van der Waals surface area contributed by atoms with Crippen LogP contribution < -0.4 is 10.6 Å². The second kappa shape index (κ2) is 13.1. The van der Waals surface area contributed by atoms with E-state index >= 15 is 4.39 Å². The highest BCUT2D eigenvalue weighted by Gasteiger charge is 2.37. The average molecular weight is 665 g/mol. The molecule has 0 bridgehead atoms. The summed E-state index contributed by atoms with van der Waals surface area (Å²) in [5.41, 5.74) is 0.892. The Kier molecular flexibility index (Phi) is 9.70. The third kappa shape index (κ3) is 6.79. The number of amides is 1. The Hall–Kier alpha value is -2.93. The number of ether oxygens (including phenoxy) is 3. The Balaban J connectivity index is 1.66. The van der Waals surface area contributed by atoms with Gasteiger partial charge in [-0.2, -0.15) is 4.98 Å². The highest BCUT2D eigenvalue weighted by Crippen LogP contribution is 2.45. The zero-order valence-corrected chi connectivity index (χ0v) is 28.2. The SMILES string of the molecule is COCCO[C@@H]1CSc2c(-c3cc(Cl)c(F)cc3F)c(C)cc3c(N4C[C@@H](C)N(C(=O)OC(C)(C)C)[C@@H](C)C4)nc(=O)n(c23)C1. The first-order valence-corrected chi connectivity index (χ1v) is 16.3. The number of halogens is 3. The molecule has 1 fully saturated rings. The minimum Gasteiger partial charge on any atom is -0.444 e. The van der Waals surface area contributed by atoms with Crippen LogP contribution in [0.4, 0.5) is 19.4 Å². The van der Waals surface area contributed by atoms with Crippen LogP contribution in [-0.2, 0) is 20.8 Å². The maximum atomic E-state index is 15.4. The van der Waals surface area contributed by atoms with Crippen molar-refractivity contribution < 1.29 is 27.8 Å². The lowest BCUT2D eigenvalue weighted by molar-refractivity contribution is 0.00561. The molecule has 3 aromatic rings. The summed E-state index contributed by atoms with van der Waals surface area (Å²) in [6, 6.07) is 3.50. The highest BCUT2D eigenvalue weighted by atomic mass is 35.5. The van der Waals surface area contributed by atoms with Crippen LogP contribution in [0.1, 0.15) is 40.2 Å². The first kappa shape index (κ1) is 33.4. The standard InChI is InChI=1S/C32H39ClF2N4O5S/c1-17-10-22-27-28(26(17)21-11-23(33)25(35)12-24(21)34)45-16-20(43-9-8-42-7)15-38(27)30(40)36-29(22)37-13-18(2)39(19(3)14-37)31(41)44-32(4,5)6/h10-12,18-20H,8-9,13-16H2,1-7H3/t18-,19+,20-/m0/s1. The molecule has 0 radical (unpaired) electrons. The van der Waals surface area contributed by atoms with Gasteiger partial charge in [-0.15, -0.1) is 11.8 Å². The number of aromatic nitrogens is 2. The van der Waals surface area contributed by atoms with Gasteiger partial charge in [0, 0.05) is 53.4 Å². The van der Waals surface area contributed by atoms with Crippen molar-refractivity contribution in [2.24, 2.45) is 0 Å². The number of rotatable bonds is 6. The quantitative estimate of drug-likeness (QED) is 0.225. The number of hydrogen-bond donors (Lipinski definition) is 0. The predicted molar refractivity (Wildman–Crippen MR) is 173 cm³/mol. The lowest BCUT2D eigenvalue weighted by atomic mass is 9.97. The number of benzene rings is 2. The van der Waals surface area contributed by atoms with Gasteiger partial charge in [0.2, 0.25) is 0 Å². The topological polar surface area (TPSA) is 86.1 Å². The molecular formula is C32H39ClF2N4O5S. The highest BCUT2D eigenvalue weighted by molar-refractivity contribution is 7.99. The van der Waals surface area contributed by atoms with Crippen LogP contribution in [0.2, 0.25) is 5.02 Å². The molecule has 244 valence electrons. The normalized spacial score (nSPS) is 20.4. The maximum absolute atomic E-state index is 15.4. The van der Waals surface area contributed by atoms with E-state index in [2.05, 4.69) is 4.98 Å². The molecule has 2 aromatic carbocycles. The molecule has 3 atom stereocenters. The van der Waals surface area contributed by atoms with E-state index in [0.717, 1.165) is 11.5 Å². The van der Waals surface area contributed by atoms with Crippen LogP contribution in [-0.4, -0.2) is 83.5 Å². The van der Waals surface area contributed by atoms with E-state index in [4.69, 9.17) is 25.8 Å². The molecule has 1 aromatic heterocycles. The number of nitrogens with zero attached hydrogens (tertiary/aromatic N) is 4. The summed E-state index contributed by atoms with van der Waals surface area (Å²) in [6.07, 6.45) is -0.738. The van der Waals surface area contributed by atoms with Gasteiger partial charge in [0.1, 0.15) is 23.1 Å². The number of hydrogen-bond acceptors (Lipinski definition) is 8. The van der Waals surface area contributed by atoms with Crippen molar-refractivity contribution in [1.29, 1.82) is 0 Å². The van der Waals surface area contributed by atoms with E-state index in [1.54, 1.807) is 16.6 Å². The summed E-state index contributed by atoms with van der Waals surface area (Å²) < 4.78 is 48.0. The summed E-state index contributed by atoms with van der Waals surface area (Å²) >= 11 is 7.59. The zero-order valence-electron chi connectivity index (χ0n) is 26.6. The third-order valence-corrected chi connectivity index (χ3v) is 9.45. The Bertz CT molecular complexity index is 1670. The minimum atomic E-state index is -0.848. The molecule has 2 aliphatic heterocycles. The Morgan fingerprint density at radius 3 is 2.42 bits per heavy atom. The molecule has 13 heteroatoms. The van der Waals surface area contributed by atoms with Crippen LogP contribution >= 0.6 is 23.4 Å². The van der Waals surface area contributed by atoms with Gasteiger partial charge < -0.3 is 19.1 Å². The van der Waals surface area contributed by atoms with E-state index in [1.807, 2.05) is 52.5 Å². The molecule has 45 heavy (non-hydrogen) atoms.